The van der Waals surface area contributed by atoms with Crippen LogP contribution in [0.15, 0.2) is 53.0 Å². The molecular weight excluding hydrogens is 662 g/mol. The molecule has 1 aliphatic heterocycles. The molecule has 0 radical (unpaired) electrons. The predicted octanol–water partition coefficient (Wildman–Crippen LogP) is 5.38. The van der Waals surface area contributed by atoms with Crippen molar-refractivity contribution >= 4 is 60.6 Å². The summed E-state index contributed by atoms with van der Waals surface area (Å²) in [5.74, 6) is -1.30. The Kier molecular flexibility index (Phi) is 10.4. The number of carbonyl (C=O) groups excluding carboxylic acids is 3. The van der Waals surface area contributed by atoms with Gasteiger partial charge in [0.15, 0.2) is 22.7 Å². The van der Waals surface area contributed by atoms with Gasteiger partial charge in [0.05, 0.1) is 42.8 Å². The number of furan rings is 1. The molecule has 1 aliphatic carbocycles. The summed E-state index contributed by atoms with van der Waals surface area (Å²) in [6, 6.07) is 10.0. The Hall–Kier alpha value is -4.49. The molecule has 4 aromatic rings. The summed E-state index contributed by atoms with van der Waals surface area (Å²) >= 11 is 0. The Morgan fingerprint density at radius 1 is 1.10 bits per heavy atom. The Morgan fingerprint density at radius 3 is 2.64 bits per heavy atom. The first-order valence-electron chi connectivity index (χ1n) is 17.1. The van der Waals surface area contributed by atoms with Gasteiger partial charge in [-0.25, -0.2) is 18.1 Å². The number of nitrogens with one attached hydrogen (secondary N) is 1. The number of benzene rings is 2. The van der Waals surface area contributed by atoms with Crippen LogP contribution in [0.4, 0.5) is 0 Å². The van der Waals surface area contributed by atoms with Gasteiger partial charge in [0.1, 0.15) is 17.7 Å². The first-order chi connectivity index (χ1) is 24.0. The molecule has 12 nitrogen and oxygen atoms in total. The fourth-order valence-corrected chi connectivity index (χ4v) is 7.52. The topological polar surface area (TPSA) is 154 Å². The van der Waals surface area contributed by atoms with Gasteiger partial charge in [-0.2, -0.15) is 0 Å². The molecule has 6 rings (SSSR count). The number of rotatable bonds is 15. The zero-order valence-corrected chi connectivity index (χ0v) is 29.6. The average molecular weight is 706 g/mol. The molecule has 2 unspecified atom stereocenters. The molecule has 266 valence electrons. The van der Waals surface area contributed by atoms with Crippen molar-refractivity contribution < 1.29 is 41.4 Å². The second-order valence-electron chi connectivity index (χ2n) is 13.3. The molecule has 1 saturated heterocycles. The van der Waals surface area contributed by atoms with E-state index < -0.39 is 45.0 Å². The smallest absolute Gasteiger partial charge is 0.303 e. The van der Waals surface area contributed by atoms with Gasteiger partial charge in [-0.3, -0.25) is 14.4 Å². The van der Waals surface area contributed by atoms with E-state index in [1.54, 1.807) is 13.2 Å². The van der Waals surface area contributed by atoms with Crippen molar-refractivity contribution in [1.82, 2.24) is 14.6 Å². The first kappa shape index (κ1) is 35.3. The minimum atomic E-state index is -3.97. The van der Waals surface area contributed by atoms with E-state index in [0.717, 1.165) is 23.8 Å². The number of sulfonamides is 1. The predicted molar refractivity (Wildman–Crippen MR) is 189 cm³/mol. The van der Waals surface area contributed by atoms with Gasteiger partial charge in [-0.1, -0.05) is 38.1 Å². The van der Waals surface area contributed by atoms with E-state index in [9.17, 15) is 22.8 Å². The minimum Gasteiger partial charge on any atom is -0.493 e. The quantitative estimate of drug-likeness (QED) is 0.0969. The number of para-hydroxylation sites is 1. The number of fused-ring (bicyclic) bond motifs is 4. The van der Waals surface area contributed by atoms with E-state index in [-0.39, 0.29) is 26.0 Å². The maximum Gasteiger partial charge on any atom is 0.303 e. The summed E-state index contributed by atoms with van der Waals surface area (Å²) in [6.07, 6.45) is 5.96. The van der Waals surface area contributed by atoms with Crippen molar-refractivity contribution in [2.45, 2.75) is 76.7 Å². The maximum absolute atomic E-state index is 13.6. The van der Waals surface area contributed by atoms with E-state index >= 15 is 0 Å². The number of hydrogen-bond donors (Lipinski definition) is 1. The Balaban J connectivity index is 1.26. The highest BCUT2D eigenvalue weighted by Crippen LogP contribution is 2.42. The number of aryl methyl sites for hydroxylation is 1. The van der Waals surface area contributed by atoms with Gasteiger partial charge in [0.25, 0.3) is 0 Å². The highest BCUT2D eigenvalue weighted by atomic mass is 32.2. The highest BCUT2D eigenvalue weighted by molar-refractivity contribution is 7.91. The monoisotopic (exact) mass is 705 g/mol. The third-order valence-electron chi connectivity index (χ3n) is 8.94. The molecule has 1 N–H and O–H groups in total. The van der Waals surface area contributed by atoms with Crippen molar-refractivity contribution in [2.24, 2.45) is 5.92 Å². The molecule has 2 aromatic carbocycles. The van der Waals surface area contributed by atoms with Crippen LogP contribution in [-0.2, 0) is 29.1 Å². The number of nitrogens with zero attached hydrogens (tertiary/aromatic N) is 2. The number of hydrogen-bond acceptors (Lipinski definition) is 10. The molecular formula is C37H43N3O9S. The minimum absolute atomic E-state index is 0.0153. The van der Waals surface area contributed by atoms with Gasteiger partial charge in [0.2, 0.25) is 21.7 Å². The number of aromatic nitrogens is 1. The van der Waals surface area contributed by atoms with Gasteiger partial charge in [-0.05, 0) is 68.4 Å². The Morgan fingerprint density at radius 2 is 1.90 bits per heavy atom. The van der Waals surface area contributed by atoms with Crippen LogP contribution in [-0.4, -0.2) is 80.2 Å². The molecule has 2 aromatic heterocycles. The third kappa shape index (κ3) is 7.63. The molecule has 2 aliphatic rings. The van der Waals surface area contributed by atoms with Crippen LogP contribution in [0.1, 0.15) is 57.9 Å². The fourth-order valence-electron chi connectivity index (χ4n) is 6.23. The Labute approximate surface area is 291 Å². The average Bonchev–Trinajstić information content (AvgIpc) is 3.77. The number of ether oxygens (including phenoxy) is 3. The second kappa shape index (κ2) is 14.8. The van der Waals surface area contributed by atoms with Gasteiger partial charge in [0, 0.05) is 18.4 Å². The van der Waals surface area contributed by atoms with Crippen LogP contribution in [0.25, 0.3) is 33.0 Å². The van der Waals surface area contributed by atoms with Gasteiger partial charge >= 0.3 is 5.91 Å². The van der Waals surface area contributed by atoms with Crippen LogP contribution in [0, 0.1) is 12.8 Å². The van der Waals surface area contributed by atoms with Crippen LogP contribution >= 0.6 is 0 Å². The van der Waals surface area contributed by atoms with Gasteiger partial charge < -0.3 is 23.5 Å². The zero-order valence-electron chi connectivity index (χ0n) is 28.8. The van der Waals surface area contributed by atoms with Crippen LogP contribution in [0.5, 0.6) is 11.5 Å². The highest BCUT2D eigenvalue weighted by Gasteiger charge is 2.45. The summed E-state index contributed by atoms with van der Waals surface area (Å²) in [4.78, 5) is 46.3. The van der Waals surface area contributed by atoms with Crippen molar-refractivity contribution in [3.8, 4) is 11.5 Å². The van der Waals surface area contributed by atoms with E-state index in [4.69, 9.17) is 23.6 Å². The molecule has 0 spiro atoms. The molecule has 50 heavy (non-hydrogen) atoms. The Bertz CT molecular complexity index is 2070. The lowest BCUT2D eigenvalue weighted by Crippen LogP contribution is -2.48. The SMILES string of the molecule is COc1cccc2c1oc1c(OC3CC(C(=O)C(=O)NS(=O)(=O)C4CC4)N(C(=O)CCOCCC/C=C\C(C)C)C3)c3ccc(C)cc3nc12. The number of amides is 2. The zero-order chi connectivity index (χ0) is 35.6. The van der Waals surface area contributed by atoms with Crippen molar-refractivity contribution in [3.05, 3.63) is 54.1 Å². The molecule has 0 bridgehead atoms. The summed E-state index contributed by atoms with van der Waals surface area (Å²) in [5.41, 5.74) is 3.09. The van der Waals surface area contributed by atoms with E-state index in [0.29, 0.717) is 64.5 Å². The number of unbranched alkanes of at least 4 members (excludes halogenated alkanes) is 1. The lowest BCUT2D eigenvalue weighted by Gasteiger charge is -2.23. The normalized spacial score (nSPS) is 18.1. The fraction of sp³-hybridized carbons (Fsp3) is 0.459. The van der Waals surface area contributed by atoms with Gasteiger partial charge in [-0.15, -0.1) is 0 Å². The maximum atomic E-state index is 13.6. The summed E-state index contributed by atoms with van der Waals surface area (Å²) < 4.78 is 51.1. The molecule has 3 heterocycles. The lowest BCUT2D eigenvalue weighted by atomic mass is 10.1. The van der Waals surface area contributed by atoms with Crippen molar-refractivity contribution in [1.29, 1.82) is 0 Å². The van der Waals surface area contributed by atoms with E-state index in [2.05, 4.69) is 26.0 Å². The van der Waals surface area contributed by atoms with Crippen molar-refractivity contribution in [3.63, 3.8) is 0 Å². The molecule has 2 amide bonds. The standard InChI is InChI=1S/C37H43N3O9S/c1-22(2)9-6-5-7-17-47-18-16-31(41)40-21-24(20-29(40)33(42)37(43)39-50(44,45)25-13-14-25)48-35-26-15-12-23(3)19-28(26)38-32-27-10-8-11-30(46-4)34(27)49-36(32)35/h6,8-12,15,19,22,24-25,29H,5,7,13-14,16-18,20-21H2,1-4H3,(H,39,43)/b9-6-. The van der Waals surface area contributed by atoms with E-state index in [1.165, 1.54) is 4.90 Å². The molecule has 2 atom stereocenters. The summed E-state index contributed by atoms with van der Waals surface area (Å²) in [7, 11) is -2.42. The number of carbonyl (C=O) groups is 3. The molecule has 13 heteroatoms. The molecule has 2 fully saturated rings. The first-order valence-corrected chi connectivity index (χ1v) is 18.6. The van der Waals surface area contributed by atoms with Crippen LogP contribution < -0.4 is 14.2 Å². The number of methoxy groups -OCH3 is 1. The van der Waals surface area contributed by atoms with Crippen LogP contribution in [0.2, 0.25) is 0 Å². The number of ketones is 1. The van der Waals surface area contributed by atoms with Crippen LogP contribution in [0.3, 0.4) is 0 Å². The number of likely N-dealkylation sites (tertiary alicyclic amines) is 1. The largest absolute Gasteiger partial charge is 0.493 e. The summed E-state index contributed by atoms with van der Waals surface area (Å²) in [5, 5.41) is 0.704. The summed E-state index contributed by atoms with van der Waals surface area (Å²) in [6.45, 7) is 6.76. The van der Waals surface area contributed by atoms with Crippen molar-refractivity contribution in [2.75, 3.05) is 26.9 Å². The molecule has 1 saturated carbocycles. The number of pyridine rings is 1. The third-order valence-corrected chi connectivity index (χ3v) is 10.8. The van der Waals surface area contributed by atoms with E-state index in [1.807, 2.05) is 42.0 Å². The number of Topliss-reactive ketones (excluding diaryl/α,β-unsaturated/α-hetero) is 1. The number of allylic oxidation sites excluding steroid dienone is 2. The second-order valence-corrected chi connectivity index (χ2v) is 15.3. The lowest BCUT2D eigenvalue weighted by molar-refractivity contribution is -0.143.